The lowest BCUT2D eigenvalue weighted by Crippen LogP contribution is -2.32. The molecule has 0 radical (unpaired) electrons. The van der Waals surface area contributed by atoms with Crippen molar-refractivity contribution in [1.29, 1.82) is 0 Å². The standard InChI is InChI=1S/C13H24N4OS/c1-5-6-7-8-9(2)15-12(18)10-11(14)16-13(19-10)17(3)4/h9H,5-8,14H2,1-4H3,(H,15,18). The van der Waals surface area contributed by atoms with Crippen LogP contribution in [0.5, 0.6) is 0 Å². The van der Waals surface area contributed by atoms with Crippen LogP contribution in [-0.2, 0) is 0 Å². The van der Waals surface area contributed by atoms with Crippen molar-refractivity contribution in [2.75, 3.05) is 24.7 Å². The molecule has 6 heteroatoms. The molecule has 3 N–H and O–H groups in total. The Bertz CT molecular complexity index is 417. The number of nitrogen functional groups attached to an aromatic ring is 1. The highest BCUT2D eigenvalue weighted by Gasteiger charge is 2.18. The van der Waals surface area contributed by atoms with E-state index >= 15 is 0 Å². The molecule has 0 spiro atoms. The first-order chi connectivity index (χ1) is 8.95. The van der Waals surface area contributed by atoms with Crippen molar-refractivity contribution in [3.63, 3.8) is 0 Å². The van der Waals surface area contributed by atoms with Crippen molar-refractivity contribution >= 4 is 28.2 Å². The van der Waals surface area contributed by atoms with Gasteiger partial charge in [-0.05, 0) is 13.3 Å². The summed E-state index contributed by atoms with van der Waals surface area (Å²) in [6.45, 7) is 4.20. The van der Waals surface area contributed by atoms with Gasteiger partial charge in [0.05, 0.1) is 0 Å². The number of rotatable bonds is 7. The van der Waals surface area contributed by atoms with Gasteiger partial charge in [-0.3, -0.25) is 4.79 Å². The Morgan fingerprint density at radius 2 is 2.16 bits per heavy atom. The quantitative estimate of drug-likeness (QED) is 0.755. The molecule has 1 aromatic heterocycles. The summed E-state index contributed by atoms with van der Waals surface area (Å²) >= 11 is 1.32. The van der Waals surface area contributed by atoms with Gasteiger partial charge in [0, 0.05) is 20.1 Å². The van der Waals surface area contributed by atoms with Crippen LogP contribution >= 0.6 is 11.3 Å². The third kappa shape index (κ3) is 4.70. The van der Waals surface area contributed by atoms with E-state index in [1.54, 1.807) is 0 Å². The third-order valence-corrected chi connectivity index (χ3v) is 4.09. The summed E-state index contributed by atoms with van der Waals surface area (Å²) in [5.74, 6) is 0.194. The van der Waals surface area contributed by atoms with Crippen LogP contribution in [0.15, 0.2) is 0 Å². The number of carbonyl (C=O) groups is 1. The Morgan fingerprint density at radius 1 is 1.47 bits per heavy atom. The number of carbonyl (C=O) groups excluding carboxylic acids is 1. The highest BCUT2D eigenvalue weighted by molar-refractivity contribution is 7.18. The number of hydrogen-bond donors (Lipinski definition) is 2. The van der Waals surface area contributed by atoms with Gasteiger partial charge in [0.25, 0.3) is 5.91 Å². The maximum atomic E-state index is 12.1. The van der Waals surface area contributed by atoms with Crippen LogP contribution in [0.2, 0.25) is 0 Å². The average Bonchev–Trinajstić information content (AvgIpc) is 2.72. The second-order valence-corrected chi connectivity index (χ2v) is 5.95. The number of nitrogens with zero attached hydrogens (tertiary/aromatic N) is 2. The molecule has 108 valence electrons. The SMILES string of the molecule is CCCCCC(C)NC(=O)c1sc(N(C)C)nc1N. The van der Waals surface area contributed by atoms with Gasteiger partial charge in [-0.2, -0.15) is 0 Å². The number of aromatic nitrogens is 1. The van der Waals surface area contributed by atoms with Crippen molar-refractivity contribution in [2.24, 2.45) is 0 Å². The predicted octanol–water partition coefficient (Wildman–Crippen LogP) is 2.49. The minimum Gasteiger partial charge on any atom is -0.382 e. The van der Waals surface area contributed by atoms with Gasteiger partial charge in [-0.15, -0.1) is 0 Å². The topological polar surface area (TPSA) is 71.2 Å². The Kier molecular flexibility index (Phi) is 6.08. The summed E-state index contributed by atoms with van der Waals surface area (Å²) < 4.78 is 0. The number of thiazole rings is 1. The highest BCUT2D eigenvalue weighted by Crippen LogP contribution is 2.26. The van der Waals surface area contributed by atoms with Crippen molar-refractivity contribution in [1.82, 2.24) is 10.3 Å². The zero-order valence-electron chi connectivity index (χ0n) is 12.2. The normalized spacial score (nSPS) is 12.2. The zero-order valence-corrected chi connectivity index (χ0v) is 13.0. The molecular weight excluding hydrogens is 260 g/mol. The lowest BCUT2D eigenvalue weighted by atomic mass is 10.1. The van der Waals surface area contributed by atoms with E-state index in [0.717, 1.165) is 18.0 Å². The van der Waals surface area contributed by atoms with Crippen LogP contribution in [0.25, 0.3) is 0 Å². The molecule has 1 atom stereocenters. The second-order valence-electron chi connectivity index (χ2n) is 4.98. The Balaban J connectivity index is 2.57. The first kappa shape index (κ1) is 15.8. The van der Waals surface area contributed by atoms with Crippen LogP contribution in [0, 0.1) is 0 Å². The van der Waals surface area contributed by atoms with Gasteiger partial charge in [0.1, 0.15) is 10.7 Å². The molecule has 1 rings (SSSR count). The van der Waals surface area contributed by atoms with Crippen molar-refractivity contribution in [3.8, 4) is 0 Å². The molecule has 0 aliphatic heterocycles. The highest BCUT2D eigenvalue weighted by atomic mass is 32.1. The van der Waals surface area contributed by atoms with E-state index < -0.39 is 0 Å². The summed E-state index contributed by atoms with van der Waals surface area (Å²) in [5.41, 5.74) is 5.79. The average molecular weight is 284 g/mol. The van der Waals surface area contributed by atoms with Crippen molar-refractivity contribution < 1.29 is 4.79 Å². The first-order valence-corrected chi connectivity index (χ1v) is 7.51. The fraction of sp³-hybridized carbons (Fsp3) is 0.692. The molecule has 1 amide bonds. The molecule has 0 aliphatic carbocycles. The fourth-order valence-corrected chi connectivity index (χ4v) is 2.55. The van der Waals surface area contributed by atoms with Gasteiger partial charge >= 0.3 is 0 Å². The summed E-state index contributed by atoms with van der Waals surface area (Å²) in [7, 11) is 3.76. The molecule has 5 nitrogen and oxygen atoms in total. The van der Waals surface area contributed by atoms with E-state index in [0.29, 0.717) is 10.7 Å². The smallest absolute Gasteiger partial charge is 0.265 e. The van der Waals surface area contributed by atoms with E-state index in [1.165, 1.54) is 24.2 Å². The van der Waals surface area contributed by atoms with E-state index in [2.05, 4.69) is 17.2 Å². The molecule has 0 saturated carbocycles. The summed E-state index contributed by atoms with van der Waals surface area (Å²) in [4.78, 5) is 18.6. The number of amides is 1. The van der Waals surface area contributed by atoms with Gasteiger partial charge in [0.2, 0.25) is 0 Å². The molecule has 1 aromatic rings. The molecule has 0 bridgehead atoms. The number of hydrogen-bond acceptors (Lipinski definition) is 5. The maximum Gasteiger partial charge on any atom is 0.265 e. The van der Waals surface area contributed by atoms with Crippen molar-refractivity contribution in [2.45, 2.75) is 45.6 Å². The van der Waals surface area contributed by atoms with E-state index in [4.69, 9.17) is 5.73 Å². The second kappa shape index (κ2) is 7.33. The van der Waals surface area contributed by atoms with Gasteiger partial charge in [-0.1, -0.05) is 37.5 Å². The summed E-state index contributed by atoms with van der Waals surface area (Å²) in [6, 6.07) is 0.170. The van der Waals surface area contributed by atoms with E-state index in [-0.39, 0.29) is 11.9 Å². The fourth-order valence-electron chi connectivity index (χ4n) is 1.74. The molecule has 19 heavy (non-hydrogen) atoms. The summed E-state index contributed by atoms with van der Waals surface area (Å²) in [6.07, 6.45) is 4.53. The van der Waals surface area contributed by atoms with Gasteiger partial charge in [0.15, 0.2) is 5.13 Å². The Morgan fingerprint density at radius 3 is 2.68 bits per heavy atom. The molecule has 0 fully saturated rings. The van der Waals surface area contributed by atoms with E-state index in [9.17, 15) is 4.79 Å². The van der Waals surface area contributed by atoms with Crippen LogP contribution in [0.3, 0.4) is 0 Å². The lowest BCUT2D eigenvalue weighted by Gasteiger charge is -2.12. The molecular formula is C13H24N4OS. The summed E-state index contributed by atoms with van der Waals surface area (Å²) in [5, 5.41) is 3.73. The molecule has 0 aliphatic rings. The third-order valence-electron chi connectivity index (χ3n) is 2.85. The Hall–Kier alpha value is -1.30. The van der Waals surface area contributed by atoms with Crippen molar-refractivity contribution in [3.05, 3.63) is 4.88 Å². The van der Waals surface area contributed by atoms with Crippen LogP contribution in [-0.4, -0.2) is 31.0 Å². The molecule has 1 unspecified atom stereocenters. The number of nitrogens with one attached hydrogen (secondary N) is 1. The number of unbranched alkanes of at least 4 members (excludes halogenated alkanes) is 2. The monoisotopic (exact) mass is 284 g/mol. The molecule has 1 heterocycles. The van der Waals surface area contributed by atoms with Gasteiger partial charge in [-0.25, -0.2) is 4.98 Å². The van der Waals surface area contributed by atoms with Crippen LogP contribution < -0.4 is 16.0 Å². The first-order valence-electron chi connectivity index (χ1n) is 6.70. The molecule has 0 saturated heterocycles. The number of nitrogens with two attached hydrogens (primary N) is 1. The molecule has 0 aromatic carbocycles. The number of anilines is 2. The largest absolute Gasteiger partial charge is 0.382 e. The maximum absolute atomic E-state index is 12.1. The zero-order chi connectivity index (χ0) is 14.4. The lowest BCUT2D eigenvalue weighted by molar-refractivity contribution is 0.0942. The predicted molar refractivity (Wildman–Crippen MR) is 81.9 cm³/mol. The Labute approximate surface area is 119 Å². The van der Waals surface area contributed by atoms with Crippen LogP contribution in [0.4, 0.5) is 10.9 Å². The van der Waals surface area contributed by atoms with Crippen LogP contribution in [0.1, 0.15) is 49.2 Å². The minimum absolute atomic E-state index is 0.118. The van der Waals surface area contributed by atoms with E-state index in [1.807, 2.05) is 25.9 Å². The minimum atomic E-state index is -0.118. The van der Waals surface area contributed by atoms with Gasteiger partial charge < -0.3 is 16.0 Å².